The number of imidazole rings is 1. The van der Waals surface area contributed by atoms with Crippen molar-refractivity contribution in [1.29, 1.82) is 0 Å². The lowest BCUT2D eigenvalue weighted by atomic mass is 10.0. The molecule has 36 heavy (non-hydrogen) atoms. The molecule has 0 saturated carbocycles. The van der Waals surface area contributed by atoms with Crippen LogP contribution in [0.5, 0.6) is 0 Å². The van der Waals surface area contributed by atoms with E-state index < -0.39 is 11.7 Å². The van der Waals surface area contributed by atoms with E-state index >= 15 is 0 Å². The van der Waals surface area contributed by atoms with Crippen LogP contribution in [0.3, 0.4) is 0 Å². The fourth-order valence-corrected chi connectivity index (χ4v) is 4.16. The lowest BCUT2D eigenvalue weighted by molar-refractivity contribution is -0.126. The molecule has 7 nitrogen and oxygen atoms in total. The summed E-state index contributed by atoms with van der Waals surface area (Å²) in [5.41, 5.74) is 5.53. The van der Waals surface area contributed by atoms with Gasteiger partial charge in [0.2, 0.25) is 5.78 Å². The van der Waals surface area contributed by atoms with Gasteiger partial charge in [-0.1, -0.05) is 36.4 Å². The van der Waals surface area contributed by atoms with Gasteiger partial charge < -0.3 is 14.8 Å². The molecule has 10 heteroatoms. The number of rotatable bonds is 5. The number of pyridine rings is 1. The zero-order valence-electron chi connectivity index (χ0n) is 19.2. The van der Waals surface area contributed by atoms with Crippen molar-refractivity contribution in [2.45, 2.75) is 13.1 Å². The lowest BCUT2D eigenvalue weighted by Crippen LogP contribution is -2.39. The number of benzene rings is 2. The molecule has 1 N–H and O–H groups in total. The molecule has 1 amide bonds. The highest BCUT2D eigenvalue weighted by molar-refractivity contribution is 6.42. The van der Waals surface area contributed by atoms with Crippen LogP contribution >= 0.6 is 37.2 Å². The van der Waals surface area contributed by atoms with Crippen molar-refractivity contribution >= 4 is 54.6 Å². The molecule has 0 bridgehead atoms. The molecular weight excluding hydrogens is 521 g/mol. The molecule has 0 atom stereocenters. The predicted octanol–water partition coefficient (Wildman–Crippen LogP) is 4.97. The highest BCUT2D eigenvalue weighted by Crippen LogP contribution is 2.31. The largest absolute Gasteiger partial charge is 0.364 e. The summed E-state index contributed by atoms with van der Waals surface area (Å²) in [6, 6.07) is 18.9. The Bertz CT molecular complexity index is 1270. The normalized spacial score (nSPS) is 12.2. The Balaban J connectivity index is 0.00000152. The number of amides is 1. The smallest absolute Gasteiger partial charge is 0.295 e. The van der Waals surface area contributed by atoms with Crippen LogP contribution in [0.2, 0.25) is 0 Å². The minimum atomic E-state index is -0.482. The number of carbonyl (C=O) groups excluding carboxylic acids is 2. The Labute approximate surface area is 228 Å². The Morgan fingerprint density at radius 3 is 2.31 bits per heavy atom. The number of carbonyl (C=O) groups is 2. The second-order valence-corrected chi connectivity index (χ2v) is 8.00. The number of aromatic nitrogens is 3. The number of ketones is 1. The molecule has 188 valence electrons. The molecule has 1 aliphatic heterocycles. The van der Waals surface area contributed by atoms with Crippen molar-refractivity contribution in [3.63, 3.8) is 0 Å². The summed E-state index contributed by atoms with van der Waals surface area (Å²) in [6.07, 6.45) is 6.99. The summed E-state index contributed by atoms with van der Waals surface area (Å²) in [7, 11) is 0. The number of nitrogens with one attached hydrogen (secondary N) is 1. The Kier molecular flexibility index (Phi) is 10.5. The van der Waals surface area contributed by atoms with E-state index in [1.807, 2.05) is 18.2 Å². The summed E-state index contributed by atoms with van der Waals surface area (Å²) in [5.74, 6) is -0.964. The van der Waals surface area contributed by atoms with Crippen molar-refractivity contribution in [1.82, 2.24) is 19.9 Å². The Morgan fingerprint density at radius 1 is 0.861 bits per heavy atom. The van der Waals surface area contributed by atoms with Crippen molar-refractivity contribution in [2.75, 3.05) is 18.0 Å². The monoisotopic (exact) mass is 545 g/mol. The molecule has 2 aromatic heterocycles. The summed E-state index contributed by atoms with van der Waals surface area (Å²) < 4.78 is 0. The number of Topliss-reactive ketones (excluding diaryl/α,β-unsaturated/α-hetero) is 1. The van der Waals surface area contributed by atoms with Gasteiger partial charge in [0.25, 0.3) is 5.91 Å². The average Bonchev–Trinajstić information content (AvgIpc) is 3.32. The molecule has 0 fully saturated rings. The summed E-state index contributed by atoms with van der Waals surface area (Å²) in [6.45, 7) is 2.06. The first-order chi connectivity index (χ1) is 16.2. The third-order valence-electron chi connectivity index (χ3n) is 5.87. The van der Waals surface area contributed by atoms with E-state index in [4.69, 9.17) is 0 Å². The van der Waals surface area contributed by atoms with Crippen molar-refractivity contribution < 1.29 is 9.59 Å². The van der Waals surface area contributed by atoms with Crippen LogP contribution < -0.4 is 4.90 Å². The average molecular weight is 547 g/mol. The number of anilines is 1. The highest BCUT2D eigenvalue weighted by Gasteiger charge is 2.28. The topological polar surface area (TPSA) is 82.2 Å². The molecule has 1 aliphatic rings. The van der Waals surface area contributed by atoms with Crippen LogP contribution in [-0.4, -0.2) is 44.6 Å². The van der Waals surface area contributed by atoms with Crippen LogP contribution in [0.4, 0.5) is 5.69 Å². The molecule has 0 aliphatic carbocycles. The fraction of sp³-hybridized carbons (Fsp3) is 0.154. The lowest BCUT2D eigenvalue weighted by Gasteiger charge is -2.24. The molecule has 4 aromatic rings. The van der Waals surface area contributed by atoms with Crippen LogP contribution in [0.1, 0.15) is 21.6 Å². The van der Waals surface area contributed by atoms with Gasteiger partial charge in [-0.2, -0.15) is 0 Å². The van der Waals surface area contributed by atoms with Crippen molar-refractivity contribution in [3.05, 3.63) is 102 Å². The van der Waals surface area contributed by atoms with Crippen molar-refractivity contribution in [2.24, 2.45) is 0 Å². The molecule has 5 rings (SSSR count). The number of nitrogens with zero attached hydrogens (tertiary/aromatic N) is 4. The Morgan fingerprint density at radius 2 is 1.61 bits per heavy atom. The maximum Gasteiger partial charge on any atom is 0.295 e. The van der Waals surface area contributed by atoms with E-state index in [2.05, 4.69) is 38.1 Å². The second kappa shape index (κ2) is 13.1. The van der Waals surface area contributed by atoms with Gasteiger partial charge in [-0.3, -0.25) is 14.6 Å². The minimum absolute atomic E-state index is 0. The van der Waals surface area contributed by atoms with Gasteiger partial charge in [-0.15, -0.1) is 37.2 Å². The third kappa shape index (κ3) is 6.23. The number of fused-ring (bicyclic) bond motifs is 1. The van der Waals surface area contributed by atoms with Gasteiger partial charge in [-0.05, 0) is 41.0 Å². The standard InChI is InChI=1S/C26H23N5O2.3ClH/c32-25(20-4-2-1-3-5-20)26(33)31-13-12-30(17-23-15-28-18-29-23)24-7-6-21(14-22(24)16-31)19-8-10-27-11-9-19;;;/h1-11,14-15,18H,12-13,16-17H2,(H,28,29);3*1H. The Hall–Kier alpha value is -3.39. The summed E-state index contributed by atoms with van der Waals surface area (Å²) in [5, 5.41) is 0. The molecule has 0 unspecified atom stereocenters. The minimum Gasteiger partial charge on any atom is -0.364 e. The number of aromatic amines is 1. The molecule has 2 aromatic carbocycles. The van der Waals surface area contributed by atoms with E-state index in [1.165, 1.54) is 0 Å². The van der Waals surface area contributed by atoms with E-state index in [9.17, 15) is 9.59 Å². The number of halogens is 3. The molecule has 3 heterocycles. The molecule has 0 radical (unpaired) electrons. The van der Waals surface area contributed by atoms with E-state index in [1.54, 1.807) is 54.1 Å². The number of H-pyrrole nitrogens is 1. The van der Waals surface area contributed by atoms with Gasteiger partial charge in [0, 0.05) is 49.5 Å². The quantitative estimate of drug-likeness (QED) is 0.282. The van der Waals surface area contributed by atoms with Gasteiger partial charge in [0.05, 0.1) is 18.6 Å². The summed E-state index contributed by atoms with van der Waals surface area (Å²) in [4.78, 5) is 41.3. The first-order valence-electron chi connectivity index (χ1n) is 10.8. The first kappa shape index (κ1) is 28.8. The maximum absolute atomic E-state index is 13.2. The van der Waals surface area contributed by atoms with Crippen LogP contribution in [0, 0.1) is 0 Å². The van der Waals surface area contributed by atoms with Gasteiger partial charge in [-0.25, -0.2) is 4.98 Å². The van der Waals surface area contributed by atoms with Crippen molar-refractivity contribution in [3.8, 4) is 11.1 Å². The fourth-order valence-electron chi connectivity index (χ4n) is 4.16. The molecule has 0 saturated heterocycles. The third-order valence-corrected chi connectivity index (χ3v) is 5.87. The first-order valence-corrected chi connectivity index (χ1v) is 10.8. The van der Waals surface area contributed by atoms with Crippen LogP contribution in [-0.2, 0) is 17.9 Å². The van der Waals surface area contributed by atoms with E-state index in [0.29, 0.717) is 31.7 Å². The maximum atomic E-state index is 13.2. The second-order valence-electron chi connectivity index (χ2n) is 8.00. The highest BCUT2D eigenvalue weighted by atomic mass is 35.5. The molecular formula is C26H26Cl3N5O2. The van der Waals surface area contributed by atoms with Gasteiger partial charge in [0.15, 0.2) is 0 Å². The number of hydrogen-bond acceptors (Lipinski definition) is 5. The van der Waals surface area contributed by atoms with E-state index in [-0.39, 0.29) is 37.2 Å². The van der Waals surface area contributed by atoms with Crippen LogP contribution in [0.25, 0.3) is 11.1 Å². The SMILES string of the molecule is Cl.Cl.Cl.O=C(C(=O)N1CCN(Cc2cnc[nH]2)c2ccc(-c3ccncc3)cc2C1)c1ccccc1. The van der Waals surface area contributed by atoms with Gasteiger partial charge >= 0.3 is 0 Å². The molecule has 0 spiro atoms. The number of hydrogen-bond donors (Lipinski definition) is 1. The predicted molar refractivity (Wildman–Crippen MR) is 147 cm³/mol. The summed E-state index contributed by atoms with van der Waals surface area (Å²) >= 11 is 0. The van der Waals surface area contributed by atoms with Gasteiger partial charge in [0.1, 0.15) is 0 Å². The zero-order chi connectivity index (χ0) is 22.6. The van der Waals surface area contributed by atoms with Crippen LogP contribution in [0.15, 0.2) is 85.6 Å². The zero-order valence-corrected chi connectivity index (χ0v) is 21.7. The van der Waals surface area contributed by atoms with E-state index in [0.717, 1.165) is 28.1 Å².